The van der Waals surface area contributed by atoms with Crippen LogP contribution in [0.5, 0.6) is 5.75 Å². The van der Waals surface area contributed by atoms with E-state index in [2.05, 4.69) is 25.8 Å². The number of hydrogen-bond donors (Lipinski definition) is 1. The molecule has 0 radical (unpaired) electrons. The molecule has 1 saturated heterocycles. The zero-order chi connectivity index (χ0) is 16.6. The number of aromatic nitrogens is 1. The maximum absolute atomic E-state index is 12.8. The fourth-order valence-electron chi connectivity index (χ4n) is 3.42. The number of benzene rings is 1. The van der Waals surface area contributed by atoms with Crippen molar-refractivity contribution in [3.8, 4) is 5.75 Å². The standard InChI is InChI=1S/C19H24N2O2/c1-19(2,3)14-8-11-21(12-9-14)18(23)15-7-6-13-5-4-10-20-16(13)17(15)22/h4-7,10,14,22H,8-9,11-12H2,1-3H3. The molecule has 122 valence electrons. The van der Waals surface area contributed by atoms with Crippen LogP contribution in [0.2, 0.25) is 0 Å². The van der Waals surface area contributed by atoms with Crippen molar-refractivity contribution >= 4 is 16.8 Å². The van der Waals surface area contributed by atoms with Crippen molar-refractivity contribution < 1.29 is 9.90 Å². The summed E-state index contributed by atoms with van der Waals surface area (Å²) >= 11 is 0. The Bertz CT molecular complexity index is 726. The summed E-state index contributed by atoms with van der Waals surface area (Å²) in [6, 6.07) is 7.25. The van der Waals surface area contributed by atoms with Gasteiger partial charge >= 0.3 is 0 Å². The Balaban J connectivity index is 1.81. The third-order valence-corrected chi connectivity index (χ3v) is 4.99. The van der Waals surface area contributed by atoms with Crippen LogP contribution in [0, 0.1) is 11.3 Å². The number of nitrogens with zero attached hydrogens (tertiary/aromatic N) is 2. The fourth-order valence-corrected chi connectivity index (χ4v) is 3.42. The molecule has 1 aliphatic rings. The van der Waals surface area contributed by atoms with Crippen molar-refractivity contribution in [2.24, 2.45) is 11.3 Å². The highest BCUT2D eigenvalue weighted by Gasteiger charge is 2.31. The molecule has 1 aromatic heterocycles. The number of carbonyl (C=O) groups excluding carboxylic acids is 1. The van der Waals surface area contributed by atoms with E-state index >= 15 is 0 Å². The van der Waals surface area contributed by atoms with Crippen molar-refractivity contribution in [3.63, 3.8) is 0 Å². The van der Waals surface area contributed by atoms with Crippen LogP contribution in [0.25, 0.3) is 10.9 Å². The van der Waals surface area contributed by atoms with E-state index in [4.69, 9.17) is 0 Å². The molecule has 0 unspecified atom stereocenters. The summed E-state index contributed by atoms with van der Waals surface area (Å²) in [6.45, 7) is 8.28. The Kier molecular flexibility index (Phi) is 4.00. The number of hydrogen-bond acceptors (Lipinski definition) is 3. The van der Waals surface area contributed by atoms with Gasteiger partial charge in [-0.1, -0.05) is 32.9 Å². The molecular weight excluding hydrogens is 288 g/mol. The minimum absolute atomic E-state index is 0.00829. The maximum Gasteiger partial charge on any atom is 0.257 e. The highest BCUT2D eigenvalue weighted by atomic mass is 16.3. The van der Waals surface area contributed by atoms with E-state index in [1.54, 1.807) is 12.3 Å². The van der Waals surface area contributed by atoms with Crippen LogP contribution < -0.4 is 0 Å². The molecule has 1 N–H and O–H groups in total. The average Bonchev–Trinajstić information content (AvgIpc) is 2.54. The van der Waals surface area contributed by atoms with Crippen molar-refractivity contribution in [1.82, 2.24) is 9.88 Å². The van der Waals surface area contributed by atoms with Crippen molar-refractivity contribution in [2.45, 2.75) is 33.6 Å². The summed E-state index contributed by atoms with van der Waals surface area (Å²) in [5.41, 5.74) is 1.12. The van der Waals surface area contributed by atoms with Crippen molar-refractivity contribution in [3.05, 3.63) is 36.0 Å². The molecule has 2 aromatic rings. The first kappa shape index (κ1) is 15.8. The van der Waals surface area contributed by atoms with Crippen LogP contribution in [0.3, 0.4) is 0 Å². The number of amides is 1. The molecule has 1 aromatic carbocycles. The van der Waals surface area contributed by atoms with E-state index in [0.29, 0.717) is 17.0 Å². The predicted octanol–water partition coefficient (Wildman–Crippen LogP) is 3.84. The van der Waals surface area contributed by atoms with Gasteiger partial charge in [0.1, 0.15) is 5.52 Å². The van der Waals surface area contributed by atoms with Crippen LogP contribution in [0.1, 0.15) is 44.0 Å². The number of aromatic hydroxyl groups is 1. The Morgan fingerprint density at radius 2 is 1.91 bits per heavy atom. The highest BCUT2D eigenvalue weighted by Crippen LogP contribution is 2.35. The van der Waals surface area contributed by atoms with Crippen LogP contribution in [-0.4, -0.2) is 34.0 Å². The van der Waals surface area contributed by atoms with Gasteiger partial charge in [0.25, 0.3) is 5.91 Å². The molecule has 0 saturated carbocycles. The van der Waals surface area contributed by atoms with Crippen LogP contribution >= 0.6 is 0 Å². The number of phenols is 1. The predicted molar refractivity (Wildman–Crippen MR) is 91.5 cm³/mol. The molecule has 3 rings (SSSR count). The SMILES string of the molecule is CC(C)(C)C1CCN(C(=O)c2ccc3cccnc3c2O)CC1. The lowest BCUT2D eigenvalue weighted by molar-refractivity contribution is 0.0606. The average molecular weight is 312 g/mol. The van der Waals surface area contributed by atoms with Gasteiger partial charge in [-0.3, -0.25) is 9.78 Å². The summed E-state index contributed by atoms with van der Waals surface area (Å²) in [5, 5.41) is 11.3. The first-order valence-electron chi connectivity index (χ1n) is 8.24. The van der Waals surface area contributed by atoms with Gasteiger partial charge in [-0.15, -0.1) is 0 Å². The number of pyridine rings is 1. The van der Waals surface area contributed by atoms with Crippen LogP contribution in [-0.2, 0) is 0 Å². The molecule has 4 heteroatoms. The normalized spacial score (nSPS) is 16.7. The number of carbonyl (C=O) groups is 1. The van der Waals surface area contributed by atoms with Gasteiger partial charge in [-0.25, -0.2) is 0 Å². The molecular formula is C19H24N2O2. The van der Waals surface area contributed by atoms with Crippen molar-refractivity contribution in [1.29, 1.82) is 0 Å². The minimum Gasteiger partial charge on any atom is -0.505 e. The second-order valence-electron chi connectivity index (χ2n) is 7.47. The van der Waals surface area contributed by atoms with E-state index in [1.807, 2.05) is 23.1 Å². The second-order valence-corrected chi connectivity index (χ2v) is 7.47. The number of phenolic OH excluding ortho intramolecular Hbond substituents is 1. The molecule has 0 bridgehead atoms. The second kappa shape index (κ2) is 5.84. The molecule has 0 aliphatic carbocycles. The molecule has 1 aliphatic heterocycles. The first-order valence-corrected chi connectivity index (χ1v) is 8.24. The van der Waals surface area contributed by atoms with E-state index in [9.17, 15) is 9.90 Å². The highest BCUT2D eigenvalue weighted by molar-refractivity contribution is 6.02. The lowest BCUT2D eigenvalue weighted by Gasteiger charge is -2.38. The summed E-state index contributed by atoms with van der Waals surface area (Å²) in [7, 11) is 0. The summed E-state index contributed by atoms with van der Waals surface area (Å²) in [5.74, 6) is 0.534. The smallest absolute Gasteiger partial charge is 0.257 e. The molecule has 1 fully saturated rings. The summed E-state index contributed by atoms with van der Waals surface area (Å²) in [4.78, 5) is 18.8. The lowest BCUT2D eigenvalue weighted by atomic mass is 9.75. The van der Waals surface area contributed by atoms with Gasteiger partial charge in [0, 0.05) is 24.7 Å². The number of likely N-dealkylation sites (tertiary alicyclic amines) is 1. The van der Waals surface area contributed by atoms with E-state index in [-0.39, 0.29) is 17.1 Å². The first-order chi connectivity index (χ1) is 10.9. The van der Waals surface area contributed by atoms with E-state index < -0.39 is 0 Å². The fraction of sp³-hybridized carbons (Fsp3) is 0.474. The quantitative estimate of drug-likeness (QED) is 0.870. The minimum atomic E-state index is -0.0950. The third-order valence-electron chi connectivity index (χ3n) is 4.99. The molecule has 0 spiro atoms. The van der Waals surface area contributed by atoms with Gasteiger partial charge in [0.05, 0.1) is 5.56 Å². The largest absolute Gasteiger partial charge is 0.505 e. The maximum atomic E-state index is 12.8. The molecule has 1 amide bonds. The van der Waals surface area contributed by atoms with Gasteiger partial charge in [0.15, 0.2) is 5.75 Å². The third kappa shape index (κ3) is 3.03. The Morgan fingerprint density at radius 1 is 1.22 bits per heavy atom. The Labute approximate surface area is 137 Å². The topological polar surface area (TPSA) is 53.4 Å². The van der Waals surface area contributed by atoms with Crippen molar-refractivity contribution in [2.75, 3.05) is 13.1 Å². The van der Waals surface area contributed by atoms with E-state index in [0.717, 1.165) is 31.3 Å². The monoisotopic (exact) mass is 312 g/mol. The van der Waals surface area contributed by atoms with Crippen LogP contribution in [0.15, 0.2) is 30.5 Å². The van der Waals surface area contributed by atoms with Gasteiger partial charge < -0.3 is 10.0 Å². The van der Waals surface area contributed by atoms with Gasteiger partial charge in [0.2, 0.25) is 0 Å². The number of rotatable bonds is 1. The molecule has 4 nitrogen and oxygen atoms in total. The van der Waals surface area contributed by atoms with Gasteiger partial charge in [-0.2, -0.15) is 0 Å². The molecule has 0 atom stereocenters. The van der Waals surface area contributed by atoms with Crippen LogP contribution in [0.4, 0.5) is 0 Å². The summed E-state index contributed by atoms with van der Waals surface area (Å²) < 4.78 is 0. The lowest BCUT2D eigenvalue weighted by Crippen LogP contribution is -2.41. The molecule has 2 heterocycles. The zero-order valence-electron chi connectivity index (χ0n) is 14.0. The van der Waals surface area contributed by atoms with Gasteiger partial charge in [-0.05, 0) is 36.3 Å². The summed E-state index contributed by atoms with van der Waals surface area (Å²) in [6.07, 6.45) is 3.66. The Hall–Kier alpha value is -2.10. The number of fused-ring (bicyclic) bond motifs is 1. The van der Waals surface area contributed by atoms with E-state index in [1.165, 1.54) is 0 Å². The molecule has 23 heavy (non-hydrogen) atoms. The number of piperidine rings is 1. The Morgan fingerprint density at radius 3 is 2.57 bits per heavy atom. The zero-order valence-corrected chi connectivity index (χ0v) is 14.0.